The molecule has 2 rings (SSSR count). The van der Waals surface area contributed by atoms with Crippen LogP contribution in [0.2, 0.25) is 5.02 Å². The van der Waals surface area contributed by atoms with Crippen LogP contribution in [0.3, 0.4) is 0 Å². The van der Waals surface area contributed by atoms with Gasteiger partial charge in [-0.15, -0.1) is 11.3 Å². The molecule has 1 amide bonds. The summed E-state index contributed by atoms with van der Waals surface area (Å²) in [6, 6.07) is 5.48. The fourth-order valence-electron chi connectivity index (χ4n) is 1.55. The van der Waals surface area contributed by atoms with Gasteiger partial charge in [-0.05, 0) is 30.0 Å². The third kappa shape index (κ3) is 3.52. The molecule has 1 N–H and O–H groups in total. The second-order valence-corrected chi connectivity index (χ2v) is 5.27. The molecule has 0 saturated heterocycles. The van der Waals surface area contributed by atoms with Gasteiger partial charge >= 0.3 is 0 Å². The summed E-state index contributed by atoms with van der Waals surface area (Å²) in [4.78, 5) is 12.9. The van der Waals surface area contributed by atoms with Crippen molar-refractivity contribution in [1.82, 2.24) is 5.32 Å². The molecule has 19 heavy (non-hydrogen) atoms. The SMILES string of the molecule is O=C(NCCc1cccs1)c1cc(F)c(F)cc1Cl. The minimum atomic E-state index is -1.09. The van der Waals surface area contributed by atoms with Gasteiger partial charge in [0.15, 0.2) is 11.6 Å². The number of carbonyl (C=O) groups excluding carboxylic acids is 1. The van der Waals surface area contributed by atoms with Crippen LogP contribution < -0.4 is 5.32 Å². The Labute approximate surface area is 118 Å². The van der Waals surface area contributed by atoms with Crippen LogP contribution in [0, 0.1) is 11.6 Å². The number of halogens is 3. The topological polar surface area (TPSA) is 29.1 Å². The molecule has 2 aromatic rings. The summed E-state index contributed by atoms with van der Waals surface area (Å²) in [7, 11) is 0. The van der Waals surface area contributed by atoms with E-state index in [1.165, 1.54) is 0 Å². The van der Waals surface area contributed by atoms with Crippen LogP contribution in [-0.2, 0) is 6.42 Å². The Balaban J connectivity index is 1.98. The number of nitrogens with one attached hydrogen (secondary N) is 1. The zero-order valence-corrected chi connectivity index (χ0v) is 11.3. The first-order chi connectivity index (χ1) is 9.08. The van der Waals surface area contributed by atoms with Gasteiger partial charge in [0.2, 0.25) is 0 Å². The quantitative estimate of drug-likeness (QED) is 0.858. The number of hydrogen-bond acceptors (Lipinski definition) is 2. The minimum absolute atomic E-state index is 0.0632. The molecule has 0 radical (unpaired) electrons. The number of benzene rings is 1. The Kier molecular flexibility index (Phi) is 4.50. The Morgan fingerprint density at radius 1 is 1.32 bits per heavy atom. The van der Waals surface area contributed by atoms with Crippen molar-refractivity contribution in [2.24, 2.45) is 0 Å². The molecule has 0 aliphatic rings. The molecule has 0 aliphatic carbocycles. The van der Waals surface area contributed by atoms with Crippen molar-refractivity contribution in [3.8, 4) is 0 Å². The van der Waals surface area contributed by atoms with Gasteiger partial charge in [0, 0.05) is 11.4 Å². The molecule has 0 spiro atoms. The molecule has 0 aliphatic heterocycles. The fourth-order valence-corrected chi connectivity index (χ4v) is 2.49. The molecule has 2 nitrogen and oxygen atoms in total. The predicted molar refractivity (Wildman–Crippen MR) is 71.7 cm³/mol. The first kappa shape index (κ1) is 14.0. The second-order valence-electron chi connectivity index (χ2n) is 3.83. The van der Waals surface area contributed by atoms with Gasteiger partial charge in [-0.1, -0.05) is 17.7 Å². The van der Waals surface area contributed by atoms with E-state index in [4.69, 9.17) is 11.6 Å². The number of carbonyl (C=O) groups is 1. The summed E-state index contributed by atoms with van der Waals surface area (Å²) in [6.07, 6.45) is 0.685. The van der Waals surface area contributed by atoms with E-state index in [0.29, 0.717) is 13.0 Å². The fraction of sp³-hybridized carbons (Fsp3) is 0.154. The summed E-state index contributed by atoms with van der Waals surface area (Å²) in [6.45, 7) is 0.411. The number of rotatable bonds is 4. The van der Waals surface area contributed by atoms with Crippen LogP contribution in [0.15, 0.2) is 29.6 Å². The first-order valence-corrected chi connectivity index (χ1v) is 6.79. The lowest BCUT2D eigenvalue weighted by Crippen LogP contribution is -2.26. The van der Waals surface area contributed by atoms with E-state index in [1.807, 2.05) is 17.5 Å². The van der Waals surface area contributed by atoms with Crippen LogP contribution in [-0.4, -0.2) is 12.5 Å². The molecule has 0 saturated carbocycles. The highest BCUT2D eigenvalue weighted by molar-refractivity contribution is 7.09. The van der Waals surface area contributed by atoms with Gasteiger partial charge in [-0.3, -0.25) is 4.79 Å². The summed E-state index contributed by atoms with van der Waals surface area (Å²) < 4.78 is 25.9. The lowest BCUT2D eigenvalue weighted by atomic mass is 10.2. The smallest absolute Gasteiger partial charge is 0.252 e. The van der Waals surface area contributed by atoms with Crippen LogP contribution >= 0.6 is 22.9 Å². The van der Waals surface area contributed by atoms with Crippen LogP contribution in [0.5, 0.6) is 0 Å². The maximum Gasteiger partial charge on any atom is 0.252 e. The normalized spacial score (nSPS) is 10.5. The van der Waals surface area contributed by atoms with Gasteiger partial charge < -0.3 is 5.32 Å². The highest BCUT2D eigenvalue weighted by Crippen LogP contribution is 2.20. The highest BCUT2D eigenvalue weighted by Gasteiger charge is 2.14. The molecule has 1 aromatic carbocycles. The molecule has 6 heteroatoms. The van der Waals surface area contributed by atoms with Gasteiger partial charge in [0.05, 0.1) is 10.6 Å². The van der Waals surface area contributed by atoms with E-state index >= 15 is 0 Å². The van der Waals surface area contributed by atoms with Crippen molar-refractivity contribution in [3.63, 3.8) is 0 Å². The molecule has 0 bridgehead atoms. The molecule has 1 heterocycles. The highest BCUT2D eigenvalue weighted by atomic mass is 35.5. The van der Waals surface area contributed by atoms with Gasteiger partial charge in [0.1, 0.15) is 0 Å². The van der Waals surface area contributed by atoms with Gasteiger partial charge in [-0.25, -0.2) is 8.78 Å². The van der Waals surface area contributed by atoms with Crippen LogP contribution in [0.1, 0.15) is 15.2 Å². The molecule has 100 valence electrons. The van der Waals surface area contributed by atoms with Crippen LogP contribution in [0.25, 0.3) is 0 Å². The Bertz CT molecular complexity index is 587. The van der Waals surface area contributed by atoms with E-state index in [0.717, 1.165) is 17.0 Å². The van der Waals surface area contributed by atoms with Crippen molar-refractivity contribution in [2.45, 2.75) is 6.42 Å². The van der Waals surface area contributed by atoms with Gasteiger partial charge in [-0.2, -0.15) is 0 Å². The number of thiophene rings is 1. The van der Waals surface area contributed by atoms with Crippen molar-refractivity contribution >= 4 is 28.8 Å². The van der Waals surface area contributed by atoms with E-state index in [9.17, 15) is 13.6 Å². The summed E-state index contributed by atoms with van der Waals surface area (Å²) in [5, 5.41) is 4.46. The lowest BCUT2D eigenvalue weighted by molar-refractivity contribution is 0.0954. The first-order valence-electron chi connectivity index (χ1n) is 5.53. The van der Waals surface area contributed by atoms with E-state index < -0.39 is 17.5 Å². The third-order valence-electron chi connectivity index (χ3n) is 2.49. The maximum absolute atomic E-state index is 13.1. The molecule has 0 fully saturated rings. The van der Waals surface area contributed by atoms with E-state index in [-0.39, 0.29) is 10.6 Å². The largest absolute Gasteiger partial charge is 0.352 e. The van der Waals surface area contributed by atoms with Crippen molar-refractivity contribution < 1.29 is 13.6 Å². The zero-order chi connectivity index (χ0) is 13.8. The predicted octanol–water partition coefficient (Wildman–Crippen LogP) is 3.65. The standard InChI is InChI=1S/C13H10ClF2NOS/c14-10-7-12(16)11(15)6-9(10)13(18)17-4-3-8-2-1-5-19-8/h1-2,5-7H,3-4H2,(H,17,18). The average molecular weight is 302 g/mol. The molecular weight excluding hydrogens is 292 g/mol. The summed E-state index contributed by atoms with van der Waals surface area (Å²) in [5.41, 5.74) is -0.0632. The molecule has 0 atom stereocenters. The molecular formula is C13H10ClF2NOS. The Morgan fingerprint density at radius 3 is 2.74 bits per heavy atom. The average Bonchev–Trinajstić information content (AvgIpc) is 2.86. The summed E-state index contributed by atoms with van der Waals surface area (Å²) in [5.74, 6) is -2.67. The van der Waals surface area contributed by atoms with Crippen molar-refractivity contribution in [3.05, 3.63) is 56.7 Å². The van der Waals surface area contributed by atoms with Crippen LogP contribution in [0.4, 0.5) is 8.78 Å². The second kappa shape index (κ2) is 6.12. The van der Waals surface area contributed by atoms with E-state index in [2.05, 4.69) is 5.32 Å². The number of hydrogen-bond donors (Lipinski definition) is 1. The van der Waals surface area contributed by atoms with E-state index in [1.54, 1.807) is 11.3 Å². The zero-order valence-electron chi connectivity index (χ0n) is 9.75. The Morgan fingerprint density at radius 2 is 2.05 bits per heavy atom. The molecule has 1 aromatic heterocycles. The third-order valence-corrected chi connectivity index (χ3v) is 3.74. The maximum atomic E-state index is 13.1. The minimum Gasteiger partial charge on any atom is -0.352 e. The Hall–Kier alpha value is -1.46. The van der Waals surface area contributed by atoms with Crippen molar-refractivity contribution in [2.75, 3.05) is 6.54 Å². The summed E-state index contributed by atoms with van der Waals surface area (Å²) >= 11 is 7.30. The lowest BCUT2D eigenvalue weighted by Gasteiger charge is -2.06. The van der Waals surface area contributed by atoms with Crippen molar-refractivity contribution in [1.29, 1.82) is 0 Å². The monoisotopic (exact) mass is 301 g/mol. The van der Waals surface area contributed by atoms with Gasteiger partial charge in [0.25, 0.3) is 5.91 Å². The molecule has 0 unspecified atom stereocenters. The number of amides is 1.